The van der Waals surface area contributed by atoms with E-state index < -0.39 is 5.00 Å². The molecule has 0 heterocycles. The zero-order valence-electron chi connectivity index (χ0n) is 8.98. The van der Waals surface area contributed by atoms with Crippen molar-refractivity contribution in [3.63, 3.8) is 0 Å². The van der Waals surface area contributed by atoms with Crippen LogP contribution in [0.3, 0.4) is 0 Å². The fraction of sp³-hybridized carbons (Fsp3) is 0.167. The molecule has 2 N–H and O–H groups in total. The molecular formula is C12H11Cl2N3. The molecule has 17 heavy (non-hydrogen) atoms. The van der Waals surface area contributed by atoms with Gasteiger partial charge in [0.1, 0.15) is 10.7 Å². The van der Waals surface area contributed by atoms with Crippen molar-refractivity contribution in [3.8, 4) is 0 Å². The van der Waals surface area contributed by atoms with E-state index in [1.165, 1.54) is 0 Å². The number of hydrogen-bond donors (Lipinski definition) is 1. The molecule has 5 heteroatoms. The third-order valence-corrected chi connectivity index (χ3v) is 2.88. The summed E-state index contributed by atoms with van der Waals surface area (Å²) in [6.07, 6.45) is 5.82. The minimum Gasteiger partial charge on any atom is -0.309 e. The Morgan fingerprint density at radius 2 is 2.00 bits per heavy atom. The maximum atomic E-state index is 5.95. The average molecular weight is 268 g/mol. The van der Waals surface area contributed by atoms with Gasteiger partial charge in [0, 0.05) is 6.42 Å². The normalized spacial score (nSPS) is 24.1. The van der Waals surface area contributed by atoms with Crippen LogP contribution >= 0.6 is 23.2 Å². The molecule has 3 nitrogen and oxygen atoms in total. The minimum absolute atomic E-state index is 0.530. The highest BCUT2D eigenvalue weighted by Crippen LogP contribution is 2.27. The Morgan fingerprint density at radius 1 is 1.24 bits per heavy atom. The monoisotopic (exact) mass is 267 g/mol. The summed E-state index contributed by atoms with van der Waals surface area (Å²) < 4.78 is 0. The van der Waals surface area contributed by atoms with Crippen molar-refractivity contribution in [3.05, 3.63) is 53.2 Å². The Kier molecular flexibility index (Phi) is 3.62. The van der Waals surface area contributed by atoms with E-state index in [1.807, 2.05) is 18.2 Å². The number of benzene rings is 1. The van der Waals surface area contributed by atoms with Gasteiger partial charge in [-0.2, -0.15) is 5.11 Å². The molecular weight excluding hydrogens is 257 g/mol. The lowest BCUT2D eigenvalue weighted by Gasteiger charge is -2.18. The molecule has 1 aliphatic carbocycles. The second kappa shape index (κ2) is 5.00. The van der Waals surface area contributed by atoms with Gasteiger partial charge in [0.05, 0.1) is 10.7 Å². The third-order valence-electron chi connectivity index (χ3n) is 2.28. The largest absolute Gasteiger partial charge is 0.309 e. The van der Waals surface area contributed by atoms with Crippen molar-refractivity contribution < 1.29 is 0 Å². The molecule has 0 amide bonds. The summed E-state index contributed by atoms with van der Waals surface area (Å²) in [6.45, 7) is 0. The lowest BCUT2D eigenvalue weighted by molar-refractivity contribution is 0.734. The summed E-state index contributed by atoms with van der Waals surface area (Å²) in [7, 11) is 0. The maximum Gasteiger partial charge on any atom is 0.114 e. The average Bonchev–Trinajstić information content (AvgIpc) is 2.30. The summed E-state index contributed by atoms with van der Waals surface area (Å²) in [6, 6.07) is 7.27. The molecule has 0 bridgehead atoms. The molecule has 1 aromatic carbocycles. The van der Waals surface area contributed by atoms with Crippen LogP contribution in [0.2, 0.25) is 5.02 Å². The number of alkyl halides is 1. The first-order chi connectivity index (χ1) is 8.07. The van der Waals surface area contributed by atoms with E-state index in [-0.39, 0.29) is 0 Å². The summed E-state index contributed by atoms with van der Waals surface area (Å²) in [4.78, 5) is -0.802. The van der Waals surface area contributed by atoms with Gasteiger partial charge < -0.3 is 5.73 Å². The Morgan fingerprint density at radius 3 is 2.65 bits per heavy atom. The van der Waals surface area contributed by atoms with Crippen LogP contribution in [0.1, 0.15) is 6.42 Å². The first-order valence-electron chi connectivity index (χ1n) is 5.10. The van der Waals surface area contributed by atoms with Gasteiger partial charge in [0.2, 0.25) is 0 Å². The summed E-state index contributed by atoms with van der Waals surface area (Å²) in [5.41, 5.74) is 7.08. The molecule has 1 aromatic rings. The highest BCUT2D eigenvalue weighted by molar-refractivity contribution is 6.32. The van der Waals surface area contributed by atoms with Gasteiger partial charge in [0.25, 0.3) is 0 Å². The van der Waals surface area contributed by atoms with Crippen LogP contribution in [0, 0.1) is 0 Å². The van der Waals surface area contributed by atoms with Crippen LogP contribution in [0.15, 0.2) is 58.4 Å². The van der Waals surface area contributed by atoms with Gasteiger partial charge in [-0.15, -0.1) is 5.11 Å². The number of azo groups is 1. The molecule has 0 radical (unpaired) electrons. The molecule has 0 fully saturated rings. The second-order valence-corrected chi connectivity index (χ2v) is 4.86. The lowest BCUT2D eigenvalue weighted by atomic mass is 10.1. The Bertz CT molecular complexity index is 504. The van der Waals surface area contributed by atoms with Crippen LogP contribution in [-0.4, -0.2) is 5.00 Å². The molecule has 1 unspecified atom stereocenters. The number of nitrogens with two attached hydrogens (primary N) is 1. The van der Waals surface area contributed by atoms with E-state index >= 15 is 0 Å². The van der Waals surface area contributed by atoms with Crippen molar-refractivity contribution >= 4 is 28.9 Å². The van der Waals surface area contributed by atoms with E-state index in [0.29, 0.717) is 17.1 Å². The van der Waals surface area contributed by atoms with E-state index in [2.05, 4.69) is 10.2 Å². The highest BCUT2D eigenvalue weighted by Gasteiger charge is 2.18. The van der Waals surface area contributed by atoms with E-state index in [9.17, 15) is 0 Å². The zero-order valence-corrected chi connectivity index (χ0v) is 10.5. The van der Waals surface area contributed by atoms with Crippen molar-refractivity contribution in [1.29, 1.82) is 0 Å². The quantitative estimate of drug-likeness (QED) is 0.488. The number of hydrogen-bond acceptors (Lipinski definition) is 3. The van der Waals surface area contributed by atoms with Crippen LogP contribution < -0.4 is 5.73 Å². The van der Waals surface area contributed by atoms with Gasteiger partial charge in [-0.05, 0) is 24.3 Å². The molecule has 2 rings (SSSR count). The Labute approximate surface area is 110 Å². The number of rotatable bonds is 2. The van der Waals surface area contributed by atoms with Crippen molar-refractivity contribution in [2.45, 2.75) is 11.4 Å². The molecule has 88 valence electrons. The van der Waals surface area contributed by atoms with E-state index in [4.69, 9.17) is 28.9 Å². The van der Waals surface area contributed by atoms with Crippen LogP contribution in [0.4, 0.5) is 5.69 Å². The molecule has 1 aliphatic rings. The predicted octanol–water partition coefficient (Wildman–Crippen LogP) is 4.16. The molecule has 1 atom stereocenters. The Balaban J connectivity index is 2.11. The summed E-state index contributed by atoms with van der Waals surface area (Å²) in [5.74, 6) is 0. The van der Waals surface area contributed by atoms with Crippen molar-refractivity contribution in [1.82, 2.24) is 0 Å². The van der Waals surface area contributed by atoms with Crippen LogP contribution in [0.5, 0.6) is 0 Å². The maximum absolute atomic E-state index is 5.95. The molecule has 0 saturated heterocycles. The van der Waals surface area contributed by atoms with Crippen LogP contribution in [-0.2, 0) is 0 Å². The SMILES string of the molecule is NC1(Cl)C=CC(N=Nc2ccccc2Cl)=CC1. The summed E-state index contributed by atoms with van der Waals surface area (Å²) >= 11 is 11.9. The Hall–Kier alpha value is -1.16. The van der Waals surface area contributed by atoms with Crippen molar-refractivity contribution in [2.24, 2.45) is 16.0 Å². The lowest BCUT2D eigenvalue weighted by Crippen LogP contribution is -2.30. The number of halogens is 2. The van der Waals surface area contributed by atoms with Gasteiger partial charge in [0.15, 0.2) is 0 Å². The highest BCUT2D eigenvalue weighted by atomic mass is 35.5. The van der Waals surface area contributed by atoms with E-state index in [1.54, 1.807) is 24.3 Å². The standard InChI is InChI=1S/C12H11Cl2N3/c13-10-3-1-2-4-11(10)17-16-9-5-7-12(14,15)8-6-9/h1-7H,8,15H2. The molecule has 0 aromatic heterocycles. The topological polar surface area (TPSA) is 50.7 Å². The van der Waals surface area contributed by atoms with E-state index in [0.717, 1.165) is 5.70 Å². The van der Waals surface area contributed by atoms with Gasteiger partial charge >= 0.3 is 0 Å². The summed E-state index contributed by atoms with van der Waals surface area (Å²) in [5, 5.41) is 8.72. The first-order valence-corrected chi connectivity index (χ1v) is 5.86. The molecule has 0 aliphatic heterocycles. The number of allylic oxidation sites excluding steroid dienone is 1. The van der Waals surface area contributed by atoms with Crippen molar-refractivity contribution in [2.75, 3.05) is 0 Å². The van der Waals surface area contributed by atoms with Crippen LogP contribution in [0.25, 0.3) is 0 Å². The molecule has 0 spiro atoms. The number of nitrogens with zero attached hydrogens (tertiary/aromatic N) is 2. The first kappa shape index (κ1) is 12.3. The smallest absolute Gasteiger partial charge is 0.114 e. The van der Waals surface area contributed by atoms with Gasteiger partial charge in [-0.25, -0.2) is 0 Å². The third kappa shape index (κ3) is 3.40. The fourth-order valence-electron chi connectivity index (χ4n) is 1.34. The zero-order chi connectivity index (χ0) is 12.3. The predicted molar refractivity (Wildman–Crippen MR) is 70.6 cm³/mol. The van der Waals surface area contributed by atoms with Gasteiger partial charge in [-0.3, -0.25) is 0 Å². The fourth-order valence-corrected chi connectivity index (χ4v) is 1.65. The minimum atomic E-state index is -0.802. The second-order valence-electron chi connectivity index (χ2n) is 3.74. The van der Waals surface area contributed by atoms with Gasteiger partial charge in [-0.1, -0.05) is 41.4 Å². The molecule has 0 saturated carbocycles.